The van der Waals surface area contributed by atoms with Gasteiger partial charge in [-0.2, -0.15) is 0 Å². The van der Waals surface area contributed by atoms with E-state index in [1.807, 2.05) is 0 Å². The summed E-state index contributed by atoms with van der Waals surface area (Å²) in [5.74, 6) is -1.06. The van der Waals surface area contributed by atoms with Crippen LogP contribution in [0.5, 0.6) is 17.2 Å². The van der Waals surface area contributed by atoms with Crippen LogP contribution in [0.25, 0.3) is 32.6 Å². The third-order valence-electron chi connectivity index (χ3n) is 4.76. The number of para-hydroxylation sites is 1. The SMILES string of the molecule is CC(=O)Oc1ccc2c(O)c3c(c(OC(C)=O)c2c1)c(=O)c1ccccc1n3C. The molecule has 3 aromatic carbocycles. The highest BCUT2D eigenvalue weighted by molar-refractivity contribution is 6.13. The standard InChI is InChI=1S/C22H17NO6/c1-11(24)28-13-8-9-14-16(10-13)22(29-12(2)25)18-19(21(14)27)23(3)17-7-5-4-6-15(17)20(18)26/h4-10,27H,1-3H3. The minimum absolute atomic E-state index is 0.0145. The number of pyridine rings is 1. The fraction of sp³-hybridized carbons (Fsp3) is 0.136. The zero-order valence-electron chi connectivity index (χ0n) is 16.0. The maximum atomic E-state index is 13.3. The largest absolute Gasteiger partial charge is 0.505 e. The van der Waals surface area contributed by atoms with Crippen molar-refractivity contribution in [3.05, 3.63) is 52.7 Å². The van der Waals surface area contributed by atoms with Crippen LogP contribution in [0, 0.1) is 0 Å². The summed E-state index contributed by atoms with van der Waals surface area (Å²) in [6.07, 6.45) is 0. The topological polar surface area (TPSA) is 94.8 Å². The lowest BCUT2D eigenvalue weighted by Gasteiger charge is -2.17. The smallest absolute Gasteiger partial charge is 0.308 e. The van der Waals surface area contributed by atoms with Gasteiger partial charge in [0.15, 0.2) is 5.75 Å². The number of carbonyl (C=O) groups excluding carboxylic acids is 2. The van der Waals surface area contributed by atoms with Gasteiger partial charge in [0.25, 0.3) is 0 Å². The lowest BCUT2D eigenvalue weighted by atomic mass is 10.0. The van der Waals surface area contributed by atoms with Crippen LogP contribution in [-0.4, -0.2) is 21.6 Å². The zero-order valence-corrected chi connectivity index (χ0v) is 16.0. The zero-order chi connectivity index (χ0) is 20.9. The predicted octanol–water partition coefficient (Wildman–Crippen LogP) is 3.40. The van der Waals surface area contributed by atoms with Crippen LogP contribution in [0.1, 0.15) is 13.8 Å². The summed E-state index contributed by atoms with van der Waals surface area (Å²) < 4.78 is 12.2. The molecule has 1 heterocycles. The number of aryl methyl sites for hydroxylation is 1. The number of fused-ring (bicyclic) bond motifs is 3. The van der Waals surface area contributed by atoms with E-state index in [1.54, 1.807) is 41.9 Å². The first kappa shape index (κ1) is 18.5. The molecule has 0 saturated carbocycles. The molecule has 0 aliphatic carbocycles. The van der Waals surface area contributed by atoms with E-state index in [-0.39, 0.29) is 39.0 Å². The fourth-order valence-corrected chi connectivity index (χ4v) is 3.64. The first-order valence-electron chi connectivity index (χ1n) is 8.86. The van der Waals surface area contributed by atoms with Crippen molar-refractivity contribution >= 4 is 44.5 Å². The van der Waals surface area contributed by atoms with Gasteiger partial charge < -0.3 is 19.1 Å². The van der Waals surface area contributed by atoms with Crippen LogP contribution in [0.4, 0.5) is 0 Å². The minimum atomic E-state index is -0.619. The summed E-state index contributed by atoms with van der Waals surface area (Å²) in [5.41, 5.74) is 0.502. The monoisotopic (exact) mass is 391 g/mol. The van der Waals surface area contributed by atoms with Crippen molar-refractivity contribution in [3.63, 3.8) is 0 Å². The first-order valence-corrected chi connectivity index (χ1v) is 8.86. The number of benzene rings is 3. The van der Waals surface area contributed by atoms with Crippen molar-refractivity contribution < 1.29 is 24.2 Å². The number of esters is 2. The summed E-state index contributed by atoms with van der Waals surface area (Å²) in [6.45, 7) is 2.49. The van der Waals surface area contributed by atoms with Gasteiger partial charge in [-0.25, -0.2) is 0 Å². The van der Waals surface area contributed by atoms with Gasteiger partial charge in [0.05, 0.1) is 16.4 Å². The predicted molar refractivity (Wildman–Crippen MR) is 108 cm³/mol. The molecule has 0 amide bonds. The van der Waals surface area contributed by atoms with Crippen LogP contribution in [0.3, 0.4) is 0 Å². The Morgan fingerprint density at radius 2 is 1.62 bits per heavy atom. The molecule has 0 atom stereocenters. The lowest BCUT2D eigenvalue weighted by Crippen LogP contribution is -2.13. The molecule has 0 aliphatic rings. The summed E-state index contributed by atoms with van der Waals surface area (Å²) in [5, 5.41) is 12.1. The molecule has 0 saturated heterocycles. The van der Waals surface area contributed by atoms with Gasteiger partial charge in [-0.15, -0.1) is 0 Å². The highest BCUT2D eigenvalue weighted by Crippen LogP contribution is 2.42. The molecule has 4 aromatic rings. The molecular formula is C22H17NO6. The van der Waals surface area contributed by atoms with Gasteiger partial charge in [-0.05, 0) is 30.3 Å². The molecule has 0 fully saturated rings. The number of aromatic hydroxyl groups is 1. The maximum absolute atomic E-state index is 13.3. The third-order valence-corrected chi connectivity index (χ3v) is 4.76. The second-order valence-corrected chi connectivity index (χ2v) is 6.70. The Balaban J connectivity index is 2.27. The fourth-order valence-electron chi connectivity index (χ4n) is 3.64. The van der Waals surface area contributed by atoms with Crippen molar-refractivity contribution in [3.8, 4) is 17.2 Å². The Morgan fingerprint density at radius 1 is 0.931 bits per heavy atom. The van der Waals surface area contributed by atoms with E-state index in [0.717, 1.165) is 0 Å². The molecule has 1 N–H and O–H groups in total. The van der Waals surface area contributed by atoms with Crippen molar-refractivity contribution in [2.24, 2.45) is 7.05 Å². The van der Waals surface area contributed by atoms with Crippen molar-refractivity contribution in [1.82, 2.24) is 4.57 Å². The molecule has 4 rings (SSSR count). The molecule has 0 spiro atoms. The second-order valence-electron chi connectivity index (χ2n) is 6.70. The summed E-state index contributed by atoms with van der Waals surface area (Å²) in [4.78, 5) is 36.5. The lowest BCUT2D eigenvalue weighted by molar-refractivity contribution is -0.132. The highest BCUT2D eigenvalue weighted by atomic mass is 16.5. The number of hydrogen-bond acceptors (Lipinski definition) is 6. The molecule has 1 aromatic heterocycles. The third kappa shape index (κ3) is 2.87. The van der Waals surface area contributed by atoms with E-state index in [9.17, 15) is 19.5 Å². The van der Waals surface area contributed by atoms with E-state index in [2.05, 4.69) is 0 Å². The average molecular weight is 391 g/mol. The van der Waals surface area contributed by atoms with Crippen LogP contribution < -0.4 is 14.9 Å². The Hall–Kier alpha value is -3.87. The average Bonchev–Trinajstić information content (AvgIpc) is 2.67. The molecule has 0 radical (unpaired) electrons. The number of aromatic nitrogens is 1. The molecule has 0 aliphatic heterocycles. The normalized spacial score (nSPS) is 11.1. The number of carbonyl (C=O) groups is 2. The van der Waals surface area contributed by atoms with Crippen LogP contribution in [-0.2, 0) is 16.6 Å². The molecule has 146 valence electrons. The van der Waals surface area contributed by atoms with Gasteiger partial charge >= 0.3 is 11.9 Å². The number of nitrogens with zero attached hydrogens (tertiary/aromatic N) is 1. The van der Waals surface area contributed by atoms with Gasteiger partial charge in [0.2, 0.25) is 5.43 Å². The van der Waals surface area contributed by atoms with E-state index >= 15 is 0 Å². The number of ether oxygens (including phenoxy) is 2. The Labute approximate surface area is 164 Å². The maximum Gasteiger partial charge on any atom is 0.308 e. The highest BCUT2D eigenvalue weighted by Gasteiger charge is 2.22. The first-order chi connectivity index (χ1) is 13.8. The van der Waals surface area contributed by atoms with E-state index in [4.69, 9.17) is 9.47 Å². The Morgan fingerprint density at radius 3 is 2.31 bits per heavy atom. The van der Waals surface area contributed by atoms with Crippen LogP contribution >= 0.6 is 0 Å². The minimum Gasteiger partial charge on any atom is -0.505 e. The molecule has 0 bridgehead atoms. The summed E-state index contributed by atoms with van der Waals surface area (Å²) in [6, 6.07) is 11.5. The van der Waals surface area contributed by atoms with Gasteiger partial charge in [0, 0.05) is 37.1 Å². The van der Waals surface area contributed by atoms with Gasteiger partial charge in [-0.1, -0.05) is 12.1 Å². The van der Waals surface area contributed by atoms with E-state index < -0.39 is 11.9 Å². The quantitative estimate of drug-likeness (QED) is 0.320. The molecule has 29 heavy (non-hydrogen) atoms. The molecule has 7 heteroatoms. The van der Waals surface area contributed by atoms with Crippen molar-refractivity contribution in [2.75, 3.05) is 0 Å². The molecular weight excluding hydrogens is 374 g/mol. The number of phenols is 1. The number of phenolic OH excluding ortho intramolecular Hbond substituents is 1. The number of rotatable bonds is 2. The number of hydrogen-bond donors (Lipinski definition) is 1. The van der Waals surface area contributed by atoms with Crippen LogP contribution in [0.15, 0.2) is 47.3 Å². The summed E-state index contributed by atoms with van der Waals surface area (Å²) >= 11 is 0. The summed E-state index contributed by atoms with van der Waals surface area (Å²) in [7, 11) is 1.72. The molecule has 7 nitrogen and oxygen atoms in total. The van der Waals surface area contributed by atoms with Gasteiger partial charge in [0.1, 0.15) is 11.5 Å². The molecule has 0 unspecified atom stereocenters. The van der Waals surface area contributed by atoms with Crippen molar-refractivity contribution in [2.45, 2.75) is 13.8 Å². The van der Waals surface area contributed by atoms with E-state index in [0.29, 0.717) is 16.3 Å². The van der Waals surface area contributed by atoms with E-state index in [1.165, 1.54) is 26.0 Å². The van der Waals surface area contributed by atoms with Gasteiger partial charge in [-0.3, -0.25) is 14.4 Å². The second kappa shape index (κ2) is 6.63. The Bertz CT molecular complexity index is 1400. The Kier molecular flexibility index (Phi) is 4.23. The van der Waals surface area contributed by atoms with Crippen LogP contribution in [0.2, 0.25) is 0 Å². The van der Waals surface area contributed by atoms with Crippen molar-refractivity contribution in [1.29, 1.82) is 0 Å².